The Kier molecular flexibility index (Phi) is 8.80. The molecule has 9 heteroatoms. The van der Waals surface area contributed by atoms with Crippen molar-refractivity contribution in [2.24, 2.45) is 5.41 Å². The van der Waals surface area contributed by atoms with Crippen molar-refractivity contribution in [1.29, 1.82) is 0 Å². The molecule has 1 N–H and O–H groups in total. The zero-order chi connectivity index (χ0) is 27.7. The Morgan fingerprint density at radius 3 is 2.34 bits per heavy atom. The number of carboxylic acids is 1. The first-order chi connectivity index (χ1) is 18.0. The number of aliphatic carboxylic acids is 1. The smallest absolute Gasteiger partial charge is 0.304 e. The first-order valence-electron chi connectivity index (χ1n) is 13.2. The highest BCUT2D eigenvalue weighted by Crippen LogP contribution is 2.53. The molecule has 4 rings (SSSR count). The second-order valence-corrected chi connectivity index (χ2v) is 14.1. The fourth-order valence-electron chi connectivity index (χ4n) is 6.01. The van der Waals surface area contributed by atoms with Crippen LogP contribution in [0.15, 0.2) is 48.5 Å². The van der Waals surface area contributed by atoms with Gasteiger partial charge in [0.1, 0.15) is 0 Å². The van der Waals surface area contributed by atoms with Gasteiger partial charge in [-0.25, -0.2) is 8.42 Å². The largest absolute Gasteiger partial charge is 0.481 e. The van der Waals surface area contributed by atoms with E-state index >= 15 is 0 Å². The van der Waals surface area contributed by atoms with Crippen molar-refractivity contribution in [1.82, 2.24) is 4.90 Å². The lowest BCUT2D eigenvalue weighted by atomic mass is 9.65. The maximum atomic E-state index is 14.3. The number of carbonyl (C=O) groups is 2. The Labute approximate surface area is 235 Å². The Hall–Kier alpha value is -2.09. The lowest BCUT2D eigenvalue weighted by Gasteiger charge is -2.52. The molecule has 0 aromatic heterocycles. The molecule has 0 bridgehead atoms. The van der Waals surface area contributed by atoms with Crippen molar-refractivity contribution in [3.63, 3.8) is 0 Å². The summed E-state index contributed by atoms with van der Waals surface area (Å²) in [7, 11) is -3.25. The maximum Gasteiger partial charge on any atom is 0.304 e. The summed E-state index contributed by atoms with van der Waals surface area (Å²) in [6, 6.07) is 13.9. The monoisotopic (exact) mass is 579 g/mol. The number of nitrogens with zero attached hydrogens (tertiary/aromatic N) is 1. The van der Waals surface area contributed by atoms with Gasteiger partial charge in [0.15, 0.2) is 9.84 Å². The molecule has 2 aromatic carbocycles. The van der Waals surface area contributed by atoms with Crippen molar-refractivity contribution in [2.75, 3.05) is 5.75 Å². The van der Waals surface area contributed by atoms with E-state index in [0.29, 0.717) is 35.7 Å². The van der Waals surface area contributed by atoms with Gasteiger partial charge in [-0.2, -0.15) is 0 Å². The van der Waals surface area contributed by atoms with Gasteiger partial charge in [0.2, 0.25) is 5.91 Å². The average molecular weight is 581 g/mol. The van der Waals surface area contributed by atoms with E-state index in [-0.39, 0.29) is 35.7 Å². The first-order valence-corrected chi connectivity index (χ1v) is 15.7. The topological polar surface area (TPSA) is 91.8 Å². The Morgan fingerprint density at radius 2 is 1.79 bits per heavy atom. The Balaban J connectivity index is 1.81. The van der Waals surface area contributed by atoms with Crippen LogP contribution < -0.4 is 0 Å². The van der Waals surface area contributed by atoms with Crippen molar-refractivity contribution in [2.45, 2.75) is 82.0 Å². The van der Waals surface area contributed by atoms with Crippen LogP contribution in [0.3, 0.4) is 0 Å². The molecule has 1 saturated carbocycles. The Morgan fingerprint density at radius 1 is 1.11 bits per heavy atom. The summed E-state index contributed by atoms with van der Waals surface area (Å²) in [6.07, 6.45) is 3.00. The summed E-state index contributed by atoms with van der Waals surface area (Å²) >= 11 is 12.6. The number of hydrogen-bond donors (Lipinski definition) is 1. The highest BCUT2D eigenvalue weighted by molar-refractivity contribution is 7.92. The lowest BCUT2D eigenvalue weighted by Crippen LogP contribution is -2.56. The number of piperidine rings is 1. The van der Waals surface area contributed by atoms with Crippen LogP contribution in [0.5, 0.6) is 0 Å². The quantitative estimate of drug-likeness (QED) is 0.339. The van der Waals surface area contributed by atoms with Crippen molar-refractivity contribution >= 4 is 44.9 Å². The molecule has 4 atom stereocenters. The molecule has 2 fully saturated rings. The van der Waals surface area contributed by atoms with Crippen LogP contribution in [0.4, 0.5) is 0 Å². The van der Waals surface area contributed by atoms with Gasteiger partial charge in [0.25, 0.3) is 0 Å². The second kappa shape index (κ2) is 11.6. The molecule has 1 amide bonds. The van der Waals surface area contributed by atoms with Crippen molar-refractivity contribution < 1.29 is 23.1 Å². The summed E-state index contributed by atoms with van der Waals surface area (Å²) in [4.78, 5) is 28.1. The normalized spacial score (nSPS) is 25.2. The number of sulfone groups is 1. The van der Waals surface area contributed by atoms with E-state index in [1.165, 1.54) is 0 Å². The third-order valence-corrected chi connectivity index (χ3v) is 11.3. The molecule has 1 aliphatic carbocycles. The maximum absolute atomic E-state index is 14.3. The molecular formula is C29H35Cl2NO5S. The predicted octanol–water partition coefficient (Wildman–Crippen LogP) is 6.67. The average Bonchev–Trinajstić information content (AvgIpc) is 2.82. The molecular weight excluding hydrogens is 545 g/mol. The molecule has 1 aliphatic heterocycles. The van der Waals surface area contributed by atoms with Gasteiger partial charge in [-0.05, 0) is 74.4 Å². The molecule has 0 unspecified atom stereocenters. The Bertz CT molecular complexity index is 1280. The molecule has 2 aromatic rings. The van der Waals surface area contributed by atoms with Crippen LogP contribution in [-0.2, 0) is 19.4 Å². The standard InChI is InChI=1S/C29H35Cl2NO5S/c1-3-29(18-26(33)34)17-25(21-6-4-7-23(31)16-21)27(20-10-12-22(30)13-11-20)32(28(29)35)19(2)14-15-38(36,37)24-8-5-9-24/h4,6-7,10-13,16,19,24-25,27H,3,5,8-9,14-15,17-18H2,1-2H3,(H,33,34)/t19-,25+,27+,29+/m0/s1. The summed E-state index contributed by atoms with van der Waals surface area (Å²) in [5.74, 6) is -1.53. The van der Waals surface area contributed by atoms with E-state index in [4.69, 9.17) is 23.2 Å². The van der Waals surface area contributed by atoms with Gasteiger partial charge in [0.05, 0.1) is 28.9 Å². The second-order valence-electron chi connectivity index (χ2n) is 10.8. The SMILES string of the molecule is CC[C@]1(CC(=O)O)C[C@H](c2cccc(Cl)c2)[C@@H](c2ccc(Cl)cc2)N([C@@H](C)CCS(=O)(=O)C2CCC2)C1=O. The number of benzene rings is 2. The van der Waals surface area contributed by atoms with E-state index in [2.05, 4.69) is 0 Å². The summed E-state index contributed by atoms with van der Waals surface area (Å²) in [6.45, 7) is 3.72. The predicted molar refractivity (Wildman–Crippen MR) is 150 cm³/mol. The third kappa shape index (κ3) is 5.90. The fourth-order valence-corrected chi connectivity index (χ4v) is 8.39. The number of hydrogen-bond acceptors (Lipinski definition) is 4. The molecule has 1 heterocycles. The number of rotatable bonds is 10. The van der Waals surface area contributed by atoms with Gasteiger partial charge in [-0.3, -0.25) is 9.59 Å². The van der Waals surface area contributed by atoms with Gasteiger partial charge < -0.3 is 10.0 Å². The van der Waals surface area contributed by atoms with Gasteiger partial charge in [-0.15, -0.1) is 0 Å². The number of likely N-dealkylation sites (tertiary alicyclic amines) is 1. The number of amides is 1. The molecule has 0 radical (unpaired) electrons. The van der Waals surface area contributed by atoms with Crippen LogP contribution in [0.1, 0.15) is 81.9 Å². The highest BCUT2D eigenvalue weighted by Gasteiger charge is 2.53. The minimum Gasteiger partial charge on any atom is -0.481 e. The van der Waals surface area contributed by atoms with Crippen molar-refractivity contribution in [3.05, 3.63) is 69.7 Å². The van der Waals surface area contributed by atoms with E-state index in [9.17, 15) is 23.1 Å². The van der Waals surface area contributed by atoms with Crippen LogP contribution in [-0.4, -0.2) is 47.3 Å². The van der Waals surface area contributed by atoms with E-state index in [1.54, 1.807) is 23.1 Å². The van der Waals surface area contributed by atoms with Gasteiger partial charge in [0, 0.05) is 22.0 Å². The summed E-state index contributed by atoms with van der Waals surface area (Å²) in [5.41, 5.74) is 0.650. The molecule has 0 spiro atoms. The zero-order valence-corrected chi connectivity index (χ0v) is 24.1. The molecule has 206 valence electrons. The molecule has 2 aliphatic rings. The number of carboxylic acid groups (broad SMARTS) is 1. The number of halogens is 2. The summed E-state index contributed by atoms with van der Waals surface area (Å²) in [5, 5.41) is 10.7. The van der Waals surface area contributed by atoms with Gasteiger partial charge in [-0.1, -0.05) is 60.8 Å². The molecule has 1 saturated heterocycles. The van der Waals surface area contributed by atoms with E-state index in [1.807, 2.05) is 44.2 Å². The van der Waals surface area contributed by atoms with Crippen LogP contribution >= 0.6 is 23.2 Å². The zero-order valence-electron chi connectivity index (χ0n) is 21.8. The molecule has 38 heavy (non-hydrogen) atoms. The highest BCUT2D eigenvalue weighted by atomic mass is 35.5. The van der Waals surface area contributed by atoms with Crippen LogP contribution in [0.25, 0.3) is 0 Å². The summed E-state index contributed by atoms with van der Waals surface area (Å²) < 4.78 is 25.8. The first kappa shape index (κ1) is 28.9. The lowest BCUT2D eigenvalue weighted by molar-refractivity contribution is -0.162. The van der Waals surface area contributed by atoms with E-state index in [0.717, 1.165) is 17.5 Å². The van der Waals surface area contributed by atoms with Crippen LogP contribution in [0, 0.1) is 5.41 Å². The van der Waals surface area contributed by atoms with Crippen molar-refractivity contribution in [3.8, 4) is 0 Å². The number of carbonyl (C=O) groups excluding carboxylic acids is 1. The van der Waals surface area contributed by atoms with Gasteiger partial charge >= 0.3 is 5.97 Å². The minimum atomic E-state index is -3.25. The van der Waals surface area contributed by atoms with E-state index < -0.39 is 33.3 Å². The minimum absolute atomic E-state index is 0.00413. The third-order valence-electron chi connectivity index (χ3n) is 8.49. The molecule has 6 nitrogen and oxygen atoms in total. The van der Waals surface area contributed by atoms with Crippen LogP contribution in [0.2, 0.25) is 10.0 Å². The fraction of sp³-hybridized carbons (Fsp3) is 0.517.